The van der Waals surface area contributed by atoms with E-state index in [0.717, 1.165) is 47.3 Å². The third kappa shape index (κ3) is 3.03. The summed E-state index contributed by atoms with van der Waals surface area (Å²) in [7, 11) is 1.66. The van der Waals surface area contributed by atoms with Gasteiger partial charge in [0.1, 0.15) is 5.75 Å². The predicted octanol–water partition coefficient (Wildman–Crippen LogP) is 3.94. The van der Waals surface area contributed by atoms with Gasteiger partial charge in [0, 0.05) is 17.6 Å². The Hall–Kier alpha value is -3.02. The quantitative estimate of drug-likeness (QED) is 0.761. The minimum Gasteiger partial charge on any atom is -0.497 e. The number of amides is 2. The van der Waals surface area contributed by atoms with Crippen molar-refractivity contribution in [2.45, 2.75) is 18.9 Å². The zero-order valence-corrected chi connectivity index (χ0v) is 14.0. The average Bonchev–Trinajstić information content (AvgIpc) is 3.30. The van der Waals surface area contributed by atoms with E-state index in [2.05, 4.69) is 21.6 Å². The first kappa shape index (κ1) is 15.5. The fourth-order valence-electron chi connectivity index (χ4n) is 3.42. The number of nitrogens with zero attached hydrogens (tertiary/aromatic N) is 2. The Balaban J connectivity index is 1.53. The first-order valence-corrected chi connectivity index (χ1v) is 8.39. The monoisotopic (exact) mass is 336 g/mol. The molecule has 1 aliphatic rings. The minimum atomic E-state index is -0.0758. The number of carbonyl (C=O) groups excluding carboxylic acids is 1. The van der Waals surface area contributed by atoms with Crippen molar-refractivity contribution in [3.63, 3.8) is 0 Å². The normalized spacial score (nSPS) is 17.0. The molecule has 1 aromatic heterocycles. The van der Waals surface area contributed by atoms with E-state index in [9.17, 15) is 4.79 Å². The lowest BCUT2D eigenvalue weighted by molar-refractivity contribution is 0.207. The van der Waals surface area contributed by atoms with Crippen molar-refractivity contribution in [3.05, 3.63) is 54.2 Å². The van der Waals surface area contributed by atoms with Gasteiger partial charge >= 0.3 is 6.03 Å². The summed E-state index contributed by atoms with van der Waals surface area (Å²) in [4.78, 5) is 14.7. The molecule has 4 rings (SSSR count). The zero-order chi connectivity index (χ0) is 17.2. The van der Waals surface area contributed by atoms with Gasteiger partial charge in [-0.05, 0) is 48.7 Å². The smallest absolute Gasteiger partial charge is 0.322 e. The second-order valence-electron chi connectivity index (χ2n) is 6.23. The van der Waals surface area contributed by atoms with Crippen LogP contribution in [0.25, 0.3) is 10.9 Å². The molecule has 128 valence electrons. The number of urea groups is 1. The van der Waals surface area contributed by atoms with Gasteiger partial charge in [0.25, 0.3) is 0 Å². The maximum absolute atomic E-state index is 12.8. The Morgan fingerprint density at radius 3 is 3.12 bits per heavy atom. The molecule has 2 aromatic carbocycles. The number of nitrogens with one attached hydrogen (secondary N) is 2. The molecular formula is C19H20N4O2. The van der Waals surface area contributed by atoms with Crippen LogP contribution in [0.15, 0.2) is 48.7 Å². The molecule has 0 saturated carbocycles. The molecule has 1 aliphatic heterocycles. The van der Waals surface area contributed by atoms with E-state index in [1.54, 1.807) is 13.3 Å². The molecule has 2 heterocycles. The SMILES string of the molecule is COc1cccc([C@@H]2CCCN2C(=O)Nc2ccc3[nH]ncc3c2)c1. The van der Waals surface area contributed by atoms with Gasteiger partial charge in [-0.3, -0.25) is 5.10 Å². The molecule has 0 aliphatic carbocycles. The van der Waals surface area contributed by atoms with E-state index < -0.39 is 0 Å². The van der Waals surface area contributed by atoms with Gasteiger partial charge in [0.05, 0.1) is 24.9 Å². The fraction of sp³-hybridized carbons (Fsp3) is 0.263. The average molecular weight is 336 g/mol. The Morgan fingerprint density at radius 2 is 2.24 bits per heavy atom. The van der Waals surface area contributed by atoms with Crippen molar-refractivity contribution in [2.24, 2.45) is 0 Å². The second kappa shape index (κ2) is 6.47. The van der Waals surface area contributed by atoms with Crippen molar-refractivity contribution in [1.29, 1.82) is 0 Å². The van der Waals surface area contributed by atoms with E-state index >= 15 is 0 Å². The molecule has 0 unspecified atom stereocenters. The van der Waals surface area contributed by atoms with Gasteiger partial charge in [-0.2, -0.15) is 5.10 Å². The van der Waals surface area contributed by atoms with E-state index in [-0.39, 0.29) is 12.1 Å². The molecule has 0 bridgehead atoms. The number of rotatable bonds is 3. The first-order valence-electron chi connectivity index (χ1n) is 8.39. The Labute approximate surface area is 145 Å². The number of ether oxygens (including phenoxy) is 1. The predicted molar refractivity (Wildman–Crippen MR) is 96.8 cm³/mol. The molecule has 2 amide bonds. The standard InChI is InChI=1S/C19H20N4O2/c1-25-16-5-2-4-13(11-16)18-6-3-9-23(18)19(24)21-15-7-8-17-14(10-15)12-20-22-17/h2,4-5,7-8,10-12,18H,3,6,9H2,1H3,(H,20,22)(H,21,24)/t18-/m0/s1. The number of H-pyrrole nitrogens is 1. The number of aromatic nitrogens is 2. The highest BCUT2D eigenvalue weighted by Gasteiger charge is 2.30. The molecule has 6 nitrogen and oxygen atoms in total. The van der Waals surface area contributed by atoms with Gasteiger partial charge in [-0.25, -0.2) is 4.79 Å². The molecule has 6 heteroatoms. The Kier molecular flexibility index (Phi) is 4.01. The van der Waals surface area contributed by atoms with E-state index in [4.69, 9.17) is 4.74 Å². The number of methoxy groups -OCH3 is 1. The number of aromatic amines is 1. The van der Waals surface area contributed by atoms with Crippen molar-refractivity contribution in [3.8, 4) is 5.75 Å². The highest BCUT2D eigenvalue weighted by molar-refractivity contribution is 5.92. The summed E-state index contributed by atoms with van der Waals surface area (Å²) < 4.78 is 5.31. The van der Waals surface area contributed by atoms with Gasteiger partial charge in [0.15, 0.2) is 0 Å². The van der Waals surface area contributed by atoms with Crippen LogP contribution in [0.3, 0.4) is 0 Å². The maximum atomic E-state index is 12.8. The molecule has 2 N–H and O–H groups in total. The number of fused-ring (bicyclic) bond motifs is 1. The van der Waals surface area contributed by atoms with Crippen molar-refractivity contribution in [1.82, 2.24) is 15.1 Å². The lowest BCUT2D eigenvalue weighted by atomic mass is 10.0. The lowest BCUT2D eigenvalue weighted by Gasteiger charge is -2.25. The summed E-state index contributed by atoms with van der Waals surface area (Å²) in [5.74, 6) is 0.815. The van der Waals surface area contributed by atoms with Gasteiger partial charge < -0.3 is 15.0 Å². The van der Waals surface area contributed by atoms with Crippen LogP contribution < -0.4 is 10.1 Å². The number of likely N-dealkylation sites (tertiary alicyclic amines) is 1. The Morgan fingerprint density at radius 1 is 1.32 bits per heavy atom. The first-order chi connectivity index (χ1) is 12.2. The lowest BCUT2D eigenvalue weighted by Crippen LogP contribution is -2.34. The number of anilines is 1. The maximum Gasteiger partial charge on any atom is 0.322 e. The van der Waals surface area contributed by atoms with Crippen LogP contribution in [-0.2, 0) is 0 Å². The van der Waals surface area contributed by atoms with Crippen LogP contribution in [0.1, 0.15) is 24.4 Å². The number of carbonyl (C=O) groups is 1. The van der Waals surface area contributed by atoms with Crippen LogP contribution >= 0.6 is 0 Å². The van der Waals surface area contributed by atoms with Gasteiger partial charge in [0.2, 0.25) is 0 Å². The molecule has 1 atom stereocenters. The van der Waals surface area contributed by atoms with Crippen molar-refractivity contribution < 1.29 is 9.53 Å². The van der Waals surface area contributed by atoms with E-state index in [1.807, 2.05) is 41.3 Å². The van der Waals surface area contributed by atoms with Gasteiger partial charge in [-0.1, -0.05) is 12.1 Å². The number of hydrogen-bond acceptors (Lipinski definition) is 3. The van der Waals surface area contributed by atoms with E-state index in [1.165, 1.54) is 0 Å². The fourth-order valence-corrected chi connectivity index (χ4v) is 3.42. The Bertz CT molecular complexity index is 905. The highest BCUT2D eigenvalue weighted by Crippen LogP contribution is 2.34. The number of benzene rings is 2. The molecule has 0 radical (unpaired) electrons. The third-order valence-electron chi connectivity index (χ3n) is 4.68. The van der Waals surface area contributed by atoms with Crippen LogP contribution in [0.4, 0.5) is 10.5 Å². The van der Waals surface area contributed by atoms with Gasteiger partial charge in [-0.15, -0.1) is 0 Å². The van der Waals surface area contributed by atoms with Crippen LogP contribution in [0.2, 0.25) is 0 Å². The van der Waals surface area contributed by atoms with Crippen molar-refractivity contribution >= 4 is 22.6 Å². The summed E-state index contributed by atoms with van der Waals surface area (Å²) >= 11 is 0. The molecule has 25 heavy (non-hydrogen) atoms. The molecule has 1 saturated heterocycles. The molecule has 1 fully saturated rings. The largest absolute Gasteiger partial charge is 0.497 e. The third-order valence-corrected chi connectivity index (χ3v) is 4.68. The summed E-state index contributed by atoms with van der Waals surface area (Å²) in [5, 5.41) is 10.9. The minimum absolute atomic E-state index is 0.0758. The zero-order valence-electron chi connectivity index (χ0n) is 14.0. The molecule has 0 spiro atoms. The topological polar surface area (TPSA) is 70.2 Å². The second-order valence-corrected chi connectivity index (χ2v) is 6.23. The highest BCUT2D eigenvalue weighted by atomic mass is 16.5. The van der Waals surface area contributed by atoms with Crippen LogP contribution in [-0.4, -0.2) is 34.8 Å². The number of hydrogen-bond donors (Lipinski definition) is 2. The summed E-state index contributed by atoms with van der Waals surface area (Å²) in [5.41, 5.74) is 2.83. The van der Waals surface area contributed by atoms with Crippen LogP contribution in [0, 0.1) is 0 Å². The van der Waals surface area contributed by atoms with E-state index in [0.29, 0.717) is 0 Å². The summed E-state index contributed by atoms with van der Waals surface area (Å²) in [6.07, 6.45) is 3.71. The summed E-state index contributed by atoms with van der Waals surface area (Å²) in [6, 6.07) is 13.7. The van der Waals surface area contributed by atoms with Crippen molar-refractivity contribution in [2.75, 3.05) is 19.0 Å². The van der Waals surface area contributed by atoms with Crippen LogP contribution in [0.5, 0.6) is 5.75 Å². The molecule has 3 aromatic rings. The summed E-state index contributed by atoms with van der Waals surface area (Å²) in [6.45, 7) is 0.752. The molecular weight excluding hydrogens is 316 g/mol.